The third-order valence-electron chi connectivity index (χ3n) is 4.06. The van der Waals surface area contributed by atoms with E-state index in [1.54, 1.807) is 25.4 Å². The number of anilines is 2. The molecule has 2 heterocycles. The predicted octanol–water partition coefficient (Wildman–Crippen LogP) is 2.74. The van der Waals surface area contributed by atoms with Gasteiger partial charge in [0.25, 0.3) is 5.91 Å². The molecule has 0 aliphatic carbocycles. The number of H-pyrrole nitrogens is 1. The van der Waals surface area contributed by atoms with E-state index in [4.69, 9.17) is 11.1 Å². The molecule has 3 aromatic rings. The molecule has 0 bridgehead atoms. The number of fused-ring (bicyclic) bond motifs is 1. The number of hydrogen-bond acceptors (Lipinski definition) is 5. The van der Waals surface area contributed by atoms with Crippen molar-refractivity contribution in [1.29, 1.82) is 5.41 Å². The van der Waals surface area contributed by atoms with E-state index < -0.39 is 0 Å². The molecule has 7 heteroatoms. The number of benzene rings is 1. The van der Waals surface area contributed by atoms with Gasteiger partial charge in [-0.25, -0.2) is 4.98 Å². The molecule has 0 fully saturated rings. The van der Waals surface area contributed by atoms with Gasteiger partial charge in [0.2, 0.25) is 0 Å². The average Bonchev–Trinajstić information content (AvgIpc) is 3.03. The van der Waals surface area contributed by atoms with E-state index in [1.165, 1.54) is 0 Å². The van der Waals surface area contributed by atoms with Gasteiger partial charge in [0.15, 0.2) is 0 Å². The quantitative estimate of drug-likeness (QED) is 0.454. The number of pyridine rings is 1. The minimum Gasteiger partial charge on any atom is -0.383 e. The van der Waals surface area contributed by atoms with Crippen LogP contribution in [0.2, 0.25) is 0 Å². The molecule has 0 unspecified atom stereocenters. The Bertz CT molecular complexity index is 989. The van der Waals surface area contributed by atoms with Gasteiger partial charge in [-0.3, -0.25) is 10.2 Å². The van der Waals surface area contributed by atoms with E-state index in [9.17, 15) is 4.79 Å². The largest absolute Gasteiger partial charge is 0.383 e. The fourth-order valence-electron chi connectivity index (χ4n) is 2.85. The van der Waals surface area contributed by atoms with Crippen molar-refractivity contribution in [2.45, 2.75) is 19.9 Å². The van der Waals surface area contributed by atoms with E-state index in [1.807, 2.05) is 32.0 Å². The molecule has 0 saturated heterocycles. The summed E-state index contributed by atoms with van der Waals surface area (Å²) in [7, 11) is 1.59. The Morgan fingerprint density at radius 2 is 2.04 bits per heavy atom. The highest BCUT2D eigenvalue weighted by Gasteiger charge is 2.17. The molecule has 2 aromatic heterocycles. The second-order valence-corrected chi connectivity index (χ2v) is 6.36. The minimum atomic E-state index is -0.155. The molecule has 7 nitrogen and oxygen atoms in total. The summed E-state index contributed by atoms with van der Waals surface area (Å²) in [5.41, 5.74) is 9.57. The molecule has 0 spiro atoms. The lowest BCUT2D eigenvalue weighted by atomic mass is 10.1. The van der Waals surface area contributed by atoms with Gasteiger partial charge in [-0.05, 0) is 38.1 Å². The van der Waals surface area contributed by atoms with Gasteiger partial charge in [0, 0.05) is 41.4 Å². The highest BCUT2D eigenvalue weighted by Crippen LogP contribution is 2.26. The van der Waals surface area contributed by atoms with E-state index >= 15 is 0 Å². The highest BCUT2D eigenvalue weighted by molar-refractivity contribution is 6.17. The number of aromatic amines is 1. The maximum absolute atomic E-state index is 11.8. The molecule has 3 rings (SSSR count). The summed E-state index contributed by atoms with van der Waals surface area (Å²) < 4.78 is 0. The van der Waals surface area contributed by atoms with Crippen LogP contribution in [0.25, 0.3) is 10.9 Å². The van der Waals surface area contributed by atoms with Gasteiger partial charge >= 0.3 is 0 Å². The number of nitrogen functional groups attached to an aromatic ring is 1. The predicted molar refractivity (Wildman–Crippen MR) is 105 cm³/mol. The molecule has 0 atom stereocenters. The zero-order valence-corrected chi connectivity index (χ0v) is 15.0. The van der Waals surface area contributed by atoms with Crippen LogP contribution in [0.3, 0.4) is 0 Å². The molecular formula is C19H22N6O. The van der Waals surface area contributed by atoms with Crippen molar-refractivity contribution in [1.82, 2.24) is 15.3 Å². The number of hydrogen-bond donors (Lipinski definition) is 5. The van der Waals surface area contributed by atoms with E-state index in [0.29, 0.717) is 22.6 Å². The van der Waals surface area contributed by atoms with Crippen molar-refractivity contribution in [2.24, 2.45) is 0 Å². The van der Waals surface area contributed by atoms with Crippen LogP contribution in [0.15, 0.2) is 36.5 Å². The number of carbonyl (C=O) groups is 1. The van der Waals surface area contributed by atoms with Gasteiger partial charge in [0.1, 0.15) is 5.82 Å². The standard InChI is InChI=1S/C19H22N6O/c1-10(2)24-13-6-7-23-18(21)16(13)17(20)15-8-11-4-5-12(19(26)22-3)9-14(11)25-15/h4-10,20,25H,1-3H3,(H,22,26)(H3,21,23,24). The maximum Gasteiger partial charge on any atom is 0.251 e. The maximum atomic E-state index is 11.8. The normalized spacial score (nSPS) is 10.9. The molecule has 6 N–H and O–H groups in total. The molecule has 0 aliphatic rings. The first-order chi connectivity index (χ1) is 12.4. The molecule has 26 heavy (non-hydrogen) atoms. The van der Waals surface area contributed by atoms with Gasteiger partial charge in [-0.15, -0.1) is 0 Å². The van der Waals surface area contributed by atoms with Gasteiger partial charge in [0.05, 0.1) is 17.0 Å². The number of rotatable bonds is 5. The molecule has 1 amide bonds. The average molecular weight is 350 g/mol. The summed E-state index contributed by atoms with van der Waals surface area (Å²) >= 11 is 0. The monoisotopic (exact) mass is 350 g/mol. The highest BCUT2D eigenvalue weighted by atomic mass is 16.1. The summed E-state index contributed by atoms with van der Waals surface area (Å²) in [6, 6.07) is 9.26. The number of carbonyl (C=O) groups excluding carboxylic acids is 1. The summed E-state index contributed by atoms with van der Waals surface area (Å²) in [5, 5.41) is 15.5. The lowest BCUT2D eigenvalue weighted by molar-refractivity contribution is 0.0963. The Hall–Kier alpha value is -3.35. The van der Waals surface area contributed by atoms with Crippen LogP contribution in [-0.2, 0) is 0 Å². The molecule has 134 valence electrons. The van der Waals surface area contributed by atoms with Crippen LogP contribution in [-0.4, -0.2) is 34.7 Å². The Labute approximate surface area is 151 Å². The fraction of sp³-hybridized carbons (Fsp3) is 0.211. The minimum absolute atomic E-state index is 0.155. The van der Waals surface area contributed by atoms with Crippen LogP contribution in [0.5, 0.6) is 0 Å². The van der Waals surface area contributed by atoms with Crippen molar-refractivity contribution >= 4 is 34.0 Å². The first-order valence-corrected chi connectivity index (χ1v) is 8.36. The fourth-order valence-corrected chi connectivity index (χ4v) is 2.85. The van der Waals surface area contributed by atoms with Gasteiger partial charge in [-0.1, -0.05) is 6.07 Å². The first kappa shape index (κ1) is 17.5. The summed E-state index contributed by atoms with van der Waals surface area (Å²) in [5.74, 6) is 0.142. The van der Waals surface area contributed by atoms with Gasteiger partial charge < -0.3 is 21.4 Å². The number of nitrogens with two attached hydrogens (primary N) is 1. The third kappa shape index (κ3) is 3.23. The Morgan fingerprint density at radius 3 is 2.73 bits per heavy atom. The number of nitrogens with zero attached hydrogens (tertiary/aromatic N) is 1. The lowest BCUT2D eigenvalue weighted by Gasteiger charge is -2.16. The van der Waals surface area contributed by atoms with Crippen molar-refractivity contribution < 1.29 is 4.79 Å². The van der Waals surface area contributed by atoms with Gasteiger partial charge in [-0.2, -0.15) is 0 Å². The lowest BCUT2D eigenvalue weighted by Crippen LogP contribution is -2.17. The van der Waals surface area contributed by atoms with Crippen molar-refractivity contribution in [3.63, 3.8) is 0 Å². The van der Waals surface area contributed by atoms with E-state index in [2.05, 4.69) is 20.6 Å². The Morgan fingerprint density at radius 1 is 1.27 bits per heavy atom. The van der Waals surface area contributed by atoms with Crippen LogP contribution < -0.4 is 16.4 Å². The second kappa shape index (κ2) is 6.87. The number of nitrogens with one attached hydrogen (secondary N) is 4. The van der Waals surface area contributed by atoms with Crippen molar-refractivity contribution in [2.75, 3.05) is 18.1 Å². The molecule has 0 radical (unpaired) electrons. The SMILES string of the molecule is CNC(=O)c1ccc2cc(C(=N)c3c(NC(C)C)ccnc3N)[nH]c2c1. The van der Waals surface area contributed by atoms with Crippen LogP contribution in [0.4, 0.5) is 11.5 Å². The zero-order chi connectivity index (χ0) is 18.8. The summed E-state index contributed by atoms with van der Waals surface area (Å²) in [6.07, 6.45) is 1.62. The zero-order valence-electron chi connectivity index (χ0n) is 15.0. The molecular weight excluding hydrogens is 328 g/mol. The van der Waals surface area contributed by atoms with Crippen molar-refractivity contribution in [3.05, 3.63) is 53.3 Å². The third-order valence-corrected chi connectivity index (χ3v) is 4.06. The summed E-state index contributed by atoms with van der Waals surface area (Å²) in [6.45, 7) is 4.04. The molecule has 0 aliphatic heterocycles. The van der Waals surface area contributed by atoms with Crippen LogP contribution in [0, 0.1) is 5.41 Å². The number of aromatic nitrogens is 2. The van der Waals surface area contributed by atoms with E-state index in [-0.39, 0.29) is 17.7 Å². The molecule has 0 saturated carbocycles. The van der Waals surface area contributed by atoms with Crippen LogP contribution in [0.1, 0.15) is 35.5 Å². The smallest absolute Gasteiger partial charge is 0.251 e. The topological polar surface area (TPSA) is 120 Å². The Kier molecular flexibility index (Phi) is 4.62. The van der Waals surface area contributed by atoms with E-state index in [0.717, 1.165) is 16.6 Å². The first-order valence-electron chi connectivity index (χ1n) is 8.36. The van der Waals surface area contributed by atoms with Crippen LogP contribution >= 0.6 is 0 Å². The van der Waals surface area contributed by atoms with Crippen molar-refractivity contribution in [3.8, 4) is 0 Å². The number of amides is 1. The summed E-state index contributed by atoms with van der Waals surface area (Å²) in [4.78, 5) is 19.1. The second-order valence-electron chi connectivity index (χ2n) is 6.36. The Balaban J connectivity index is 2.04. The molecule has 1 aromatic carbocycles.